The van der Waals surface area contributed by atoms with Crippen molar-refractivity contribution in [2.75, 3.05) is 20.3 Å². The molecule has 0 saturated carbocycles. The van der Waals surface area contributed by atoms with Crippen LogP contribution in [0.5, 0.6) is 23.0 Å². The molecule has 1 amide bonds. The Hall–Kier alpha value is -3.68. The summed E-state index contributed by atoms with van der Waals surface area (Å²) in [4.78, 5) is 12.5. The summed E-state index contributed by atoms with van der Waals surface area (Å²) < 4.78 is 22.4. The van der Waals surface area contributed by atoms with Crippen LogP contribution in [-0.4, -0.2) is 32.4 Å². The van der Waals surface area contributed by atoms with Gasteiger partial charge in [0.25, 0.3) is 5.91 Å². The van der Waals surface area contributed by atoms with Gasteiger partial charge in [-0.05, 0) is 61.0 Å². The first-order valence-electron chi connectivity index (χ1n) is 11.0. The molecule has 0 aliphatic heterocycles. The summed E-state index contributed by atoms with van der Waals surface area (Å²) in [5.41, 5.74) is 4.38. The summed E-state index contributed by atoms with van der Waals surface area (Å²) >= 11 is 12.2. The van der Waals surface area contributed by atoms with E-state index in [2.05, 4.69) is 17.1 Å². The van der Waals surface area contributed by atoms with Crippen LogP contribution in [0.3, 0.4) is 0 Å². The Bertz CT molecular complexity index is 1250. The van der Waals surface area contributed by atoms with Gasteiger partial charge in [-0.25, -0.2) is 5.43 Å². The summed E-state index contributed by atoms with van der Waals surface area (Å²) in [5, 5.41) is 5.14. The van der Waals surface area contributed by atoms with Crippen LogP contribution in [0.4, 0.5) is 0 Å². The molecule has 9 heteroatoms. The first-order chi connectivity index (χ1) is 17.4. The van der Waals surface area contributed by atoms with Crippen LogP contribution in [0, 0.1) is 0 Å². The third-order valence-electron chi connectivity index (χ3n) is 4.83. The topological polar surface area (TPSA) is 78.4 Å². The minimum absolute atomic E-state index is 0.250. The maximum absolute atomic E-state index is 12.5. The second-order valence-electron chi connectivity index (χ2n) is 7.33. The predicted octanol–water partition coefficient (Wildman–Crippen LogP) is 6.31. The van der Waals surface area contributed by atoms with E-state index in [9.17, 15) is 4.79 Å². The van der Waals surface area contributed by atoms with Crippen LogP contribution in [-0.2, 0) is 6.61 Å². The number of amides is 1. The summed E-state index contributed by atoms with van der Waals surface area (Å²) in [5.74, 6) is 1.64. The number of hydrogen-bond donors (Lipinski definition) is 1. The largest absolute Gasteiger partial charge is 0.493 e. The number of ether oxygens (including phenoxy) is 4. The fourth-order valence-corrected chi connectivity index (χ4v) is 3.56. The molecule has 3 aromatic carbocycles. The lowest BCUT2D eigenvalue weighted by molar-refractivity contribution is 0.0954. The van der Waals surface area contributed by atoms with Crippen LogP contribution >= 0.6 is 23.2 Å². The first kappa shape index (κ1) is 26.9. The maximum Gasteiger partial charge on any atom is 0.271 e. The smallest absolute Gasteiger partial charge is 0.271 e. The predicted molar refractivity (Wildman–Crippen MR) is 142 cm³/mol. The van der Waals surface area contributed by atoms with E-state index in [-0.39, 0.29) is 6.61 Å². The van der Waals surface area contributed by atoms with Gasteiger partial charge in [0, 0.05) is 21.2 Å². The van der Waals surface area contributed by atoms with E-state index in [1.54, 1.807) is 54.6 Å². The summed E-state index contributed by atoms with van der Waals surface area (Å²) in [7, 11) is 1.50. The third kappa shape index (κ3) is 7.41. The molecule has 0 fully saturated rings. The maximum atomic E-state index is 12.5. The molecule has 36 heavy (non-hydrogen) atoms. The zero-order valence-corrected chi connectivity index (χ0v) is 21.4. The van der Waals surface area contributed by atoms with Crippen molar-refractivity contribution in [3.63, 3.8) is 0 Å². The number of carbonyl (C=O) groups is 1. The van der Waals surface area contributed by atoms with Gasteiger partial charge in [-0.3, -0.25) is 4.79 Å². The number of benzene rings is 3. The van der Waals surface area contributed by atoms with Gasteiger partial charge in [0.05, 0.1) is 19.9 Å². The minimum atomic E-state index is -0.398. The van der Waals surface area contributed by atoms with Gasteiger partial charge >= 0.3 is 0 Å². The summed E-state index contributed by atoms with van der Waals surface area (Å²) in [6.07, 6.45) is 3.14. The van der Waals surface area contributed by atoms with Crippen LogP contribution in [0.2, 0.25) is 10.0 Å². The summed E-state index contributed by atoms with van der Waals surface area (Å²) in [6, 6.07) is 15.4. The van der Waals surface area contributed by atoms with Crippen LogP contribution < -0.4 is 24.4 Å². The Kier molecular flexibility index (Phi) is 10.0. The molecule has 188 valence electrons. The van der Waals surface area contributed by atoms with Gasteiger partial charge in [-0.2, -0.15) is 5.10 Å². The monoisotopic (exact) mass is 528 g/mol. The second kappa shape index (κ2) is 13.4. The lowest BCUT2D eigenvalue weighted by atomic mass is 10.2. The number of carbonyl (C=O) groups excluding carboxylic acids is 1. The number of methoxy groups -OCH3 is 1. The van der Waals surface area contributed by atoms with Crippen molar-refractivity contribution in [3.05, 3.63) is 94.0 Å². The molecule has 0 saturated heterocycles. The van der Waals surface area contributed by atoms with Gasteiger partial charge in [0.1, 0.15) is 13.2 Å². The van der Waals surface area contributed by atoms with E-state index >= 15 is 0 Å². The Morgan fingerprint density at radius 2 is 1.75 bits per heavy atom. The van der Waals surface area contributed by atoms with E-state index in [0.29, 0.717) is 57.4 Å². The fraction of sp³-hybridized carbons (Fsp3) is 0.185. The average Bonchev–Trinajstić information content (AvgIpc) is 2.87. The van der Waals surface area contributed by atoms with Gasteiger partial charge in [0.2, 0.25) is 0 Å². The molecule has 1 N–H and O–H groups in total. The molecule has 0 aliphatic carbocycles. The highest BCUT2D eigenvalue weighted by atomic mass is 35.5. The fourth-order valence-electron chi connectivity index (χ4n) is 3.09. The molecule has 3 aromatic rings. The van der Waals surface area contributed by atoms with Crippen molar-refractivity contribution >= 4 is 35.3 Å². The average molecular weight is 529 g/mol. The molecule has 0 radical (unpaired) electrons. The number of rotatable bonds is 12. The van der Waals surface area contributed by atoms with Gasteiger partial charge in [-0.15, -0.1) is 0 Å². The second-order valence-corrected chi connectivity index (χ2v) is 8.17. The standard InChI is InChI=1S/C27H26Cl2N2O5/c1-4-12-35-23-11-8-19(14-25(23)33-3)27(32)31-30-16-18-6-10-24(26(13-18)34-5-2)36-17-20-7-9-21(28)15-22(20)29/h4,6-11,13-16H,1,5,12,17H2,2-3H3,(H,31,32)/b30-16+. The molecular formula is C27H26Cl2N2O5. The Morgan fingerprint density at radius 1 is 0.972 bits per heavy atom. The molecule has 3 rings (SSSR count). The highest BCUT2D eigenvalue weighted by molar-refractivity contribution is 6.35. The van der Waals surface area contributed by atoms with Crippen LogP contribution in [0.15, 0.2) is 72.4 Å². The lowest BCUT2D eigenvalue weighted by Gasteiger charge is -2.13. The van der Waals surface area contributed by atoms with Crippen molar-refractivity contribution in [1.82, 2.24) is 5.43 Å². The van der Waals surface area contributed by atoms with Gasteiger partial charge in [-0.1, -0.05) is 41.9 Å². The highest BCUT2D eigenvalue weighted by Gasteiger charge is 2.11. The molecule has 0 aromatic heterocycles. The normalized spacial score (nSPS) is 10.7. The number of halogens is 2. The van der Waals surface area contributed by atoms with Crippen molar-refractivity contribution in [2.24, 2.45) is 5.10 Å². The van der Waals surface area contributed by atoms with Gasteiger partial charge in [0.15, 0.2) is 23.0 Å². The zero-order chi connectivity index (χ0) is 25.9. The quantitative estimate of drug-likeness (QED) is 0.169. The third-order valence-corrected chi connectivity index (χ3v) is 5.42. The van der Waals surface area contributed by atoms with E-state index < -0.39 is 5.91 Å². The molecule has 0 atom stereocenters. The van der Waals surface area contributed by atoms with E-state index in [0.717, 1.165) is 5.56 Å². The Labute approximate surface area is 220 Å². The molecule has 0 aliphatic rings. The van der Waals surface area contributed by atoms with Crippen molar-refractivity contribution < 1.29 is 23.7 Å². The van der Waals surface area contributed by atoms with Crippen molar-refractivity contribution in [2.45, 2.75) is 13.5 Å². The minimum Gasteiger partial charge on any atom is -0.493 e. The number of nitrogens with zero attached hydrogens (tertiary/aromatic N) is 1. The molecular weight excluding hydrogens is 503 g/mol. The van der Waals surface area contributed by atoms with Crippen molar-refractivity contribution in [1.29, 1.82) is 0 Å². The molecule has 0 heterocycles. The molecule has 0 bridgehead atoms. The molecule has 0 unspecified atom stereocenters. The van der Waals surface area contributed by atoms with Crippen LogP contribution in [0.25, 0.3) is 0 Å². The number of hydrogen-bond acceptors (Lipinski definition) is 6. The van der Waals surface area contributed by atoms with E-state index in [1.165, 1.54) is 13.3 Å². The van der Waals surface area contributed by atoms with Crippen LogP contribution in [0.1, 0.15) is 28.4 Å². The Balaban J connectivity index is 1.66. The number of hydrazone groups is 1. The van der Waals surface area contributed by atoms with Crippen molar-refractivity contribution in [3.8, 4) is 23.0 Å². The lowest BCUT2D eigenvalue weighted by Crippen LogP contribution is -2.17. The van der Waals surface area contributed by atoms with E-state index in [4.69, 9.17) is 42.1 Å². The SMILES string of the molecule is C=CCOc1ccc(C(=O)N/N=C/c2ccc(OCc3ccc(Cl)cc3Cl)c(OCC)c2)cc1OC. The number of nitrogens with one attached hydrogen (secondary N) is 1. The highest BCUT2D eigenvalue weighted by Crippen LogP contribution is 2.30. The van der Waals surface area contributed by atoms with E-state index in [1.807, 2.05) is 13.0 Å². The summed E-state index contributed by atoms with van der Waals surface area (Å²) in [6.45, 7) is 6.52. The first-order valence-corrected chi connectivity index (χ1v) is 11.8. The molecule has 0 spiro atoms. The Morgan fingerprint density at radius 3 is 2.47 bits per heavy atom. The van der Waals surface area contributed by atoms with Gasteiger partial charge < -0.3 is 18.9 Å². The zero-order valence-electron chi connectivity index (χ0n) is 19.9. The molecule has 7 nitrogen and oxygen atoms in total.